The summed E-state index contributed by atoms with van der Waals surface area (Å²) in [6, 6.07) is 13.6. The summed E-state index contributed by atoms with van der Waals surface area (Å²) in [5.41, 5.74) is 4.67. The Labute approximate surface area is 432 Å². The molecule has 6 aliphatic rings. The molecular formula is C50H50BBrN8O10S2. The molecule has 12 rings (SSSR count). The second-order valence-electron chi connectivity index (χ2n) is 19.4. The number of benzene rings is 2. The van der Waals surface area contributed by atoms with Gasteiger partial charge in [-0.2, -0.15) is 0 Å². The summed E-state index contributed by atoms with van der Waals surface area (Å²) in [5, 5.41) is 21.4. The van der Waals surface area contributed by atoms with E-state index in [0.29, 0.717) is 81.2 Å². The normalized spacial score (nSPS) is 23.9. The van der Waals surface area contributed by atoms with Crippen molar-refractivity contribution in [3.63, 3.8) is 0 Å². The van der Waals surface area contributed by atoms with Crippen molar-refractivity contribution in [1.82, 2.24) is 29.7 Å². The number of likely N-dealkylation sites (tertiary alicyclic amines) is 2. The smallest absolute Gasteiger partial charge is 0.472 e. The first-order chi connectivity index (χ1) is 34.8. The van der Waals surface area contributed by atoms with E-state index in [9.17, 15) is 9.59 Å². The Bertz CT molecular complexity index is 3010. The van der Waals surface area contributed by atoms with E-state index < -0.39 is 7.12 Å². The summed E-state index contributed by atoms with van der Waals surface area (Å²) < 4.78 is 38.6. The molecule has 2 N–H and O–H groups in total. The van der Waals surface area contributed by atoms with Gasteiger partial charge in [-0.25, -0.2) is 39.2 Å². The molecule has 6 aromatic rings. The van der Waals surface area contributed by atoms with Gasteiger partial charge in [0.25, 0.3) is 0 Å². The number of amides is 2. The van der Waals surface area contributed by atoms with Crippen molar-refractivity contribution >= 4 is 95.2 Å². The summed E-state index contributed by atoms with van der Waals surface area (Å²) >= 11 is 6.63. The Morgan fingerprint density at radius 2 is 1.11 bits per heavy atom. The molecule has 4 unspecified atom stereocenters. The summed E-state index contributed by atoms with van der Waals surface area (Å²) in [6.07, 6.45) is 6.29. The zero-order valence-electron chi connectivity index (χ0n) is 39.4. The van der Waals surface area contributed by atoms with Crippen molar-refractivity contribution in [3.8, 4) is 22.9 Å². The Morgan fingerprint density at radius 3 is 1.56 bits per heavy atom. The van der Waals surface area contributed by atoms with Crippen molar-refractivity contribution in [2.75, 3.05) is 52.6 Å². The van der Waals surface area contributed by atoms with E-state index in [4.69, 9.17) is 51.6 Å². The van der Waals surface area contributed by atoms with E-state index in [1.807, 2.05) is 53.3 Å². The average molecular weight is 1080 g/mol. The van der Waals surface area contributed by atoms with Gasteiger partial charge in [0.15, 0.2) is 11.4 Å². The standard InChI is InChI=1S/C25H24N4O4S.C18H20BrN3O4S.C7H6BNO2/c1-25(7-8-25)33-24(30)29-9-16-11-31-12-17(10-29)21(16)32-23-22-20(27-14-28-23)19(13-34-22)15-3-5-18(26-2)6-4-15;1-18(2-3-18)26-17(23)22-4-10-6-24-7-11(5-22)14(10)25-16-15-13(20-9-21-16)12(19)8-27-15;1-9-7-4-2-6(3-5-7)8(10)11/h3-6,13-14,16-17,21H,7-12H2,1H3;8-11,14H,2-7H2,1H3;2-5,10-11H. The number of aromatic nitrogens is 4. The maximum absolute atomic E-state index is 12.7. The highest BCUT2D eigenvalue weighted by Gasteiger charge is 2.49. The van der Waals surface area contributed by atoms with Gasteiger partial charge in [-0.1, -0.05) is 48.5 Å². The van der Waals surface area contributed by atoms with Crippen LogP contribution in [-0.2, 0) is 18.9 Å². The predicted molar refractivity (Wildman–Crippen MR) is 273 cm³/mol. The summed E-state index contributed by atoms with van der Waals surface area (Å²) in [7, 11) is -1.45. The van der Waals surface area contributed by atoms with E-state index in [1.54, 1.807) is 34.8 Å². The first-order valence-corrected chi connectivity index (χ1v) is 26.2. The quantitative estimate of drug-likeness (QED) is 0.109. The highest BCUT2D eigenvalue weighted by molar-refractivity contribution is 9.10. The Kier molecular flexibility index (Phi) is 14.4. The van der Waals surface area contributed by atoms with Crippen LogP contribution >= 0.6 is 38.6 Å². The van der Waals surface area contributed by atoms with E-state index in [-0.39, 0.29) is 59.3 Å². The van der Waals surface area contributed by atoms with Crippen LogP contribution in [0, 0.1) is 36.8 Å². The third-order valence-electron chi connectivity index (χ3n) is 13.8. The third-order valence-corrected chi connectivity index (χ3v) is 16.6. The molecule has 4 atom stereocenters. The zero-order valence-corrected chi connectivity index (χ0v) is 42.6. The summed E-state index contributed by atoms with van der Waals surface area (Å²) in [5.74, 6) is 1.49. The number of ether oxygens (including phenoxy) is 6. The maximum Gasteiger partial charge on any atom is 0.488 e. The van der Waals surface area contributed by atoms with Crippen LogP contribution in [-0.4, -0.2) is 135 Å². The third kappa shape index (κ3) is 11.0. The van der Waals surface area contributed by atoms with Crippen molar-refractivity contribution in [2.24, 2.45) is 23.7 Å². The lowest BCUT2D eigenvalue weighted by Gasteiger charge is -2.46. The largest absolute Gasteiger partial charge is 0.488 e. The lowest BCUT2D eigenvalue weighted by atomic mass is 9.80. The van der Waals surface area contributed by atoms with Crippen molar-refractivity contribution in [2.45, 2.75) is 62.9 Å². The minimum absolute atomic E-state index is 0.0294. The van der Waals surface area contributed by atoms with Gasteiger partial charge >= 0.3 is 19.3 Å². The number of hydrogen-bond acceptors (Lipinski definition) is 16. The molecule has 4 bridgehead atoms. The van der Waals surface area contributed by atoms with Crippen LogP contribution < -0.4 is 14.9 Å². The van der Waals surface area contributed by atoms with Gasteiger partial charge in [-0.15, -0.1) is 22.7 Å². The van der Waals surface area contributed by atoms with Crippen molar-refractivity contribution < 1.29 is 48.1 Å². The molecule has 2 aliphatic carbocycles. The molecule has 2 aromatic carbocycles. The van der Waals surface area contributed by atoms with Gasteiger partial charge in [0.1, 0.15) is 51.0 Å². The number of hydrogen-bond donors (Lipinski definition) is 2. The van der Waals surface area contributed by atoms with Gasteiger partial charge in [-0.3, -0.25) is 0 Å². The average Bonchev–Trinajstić information content (AvgIpc) is 4.18. The number of fused-ring (bicyclic) bond motifs is 6. The number of nitrogens with zero attached hydrogens (tertiary/aromatic N) is 8. The summed E-state index contributed by atoms with van der Waals surface area (Å²) in [6.45, 7) is 22.2. The van der Waals surface area contributed by atoms with Gasteiger partial charge in [0, 0.05) is 66.2 Å². The molecule has 4 saturated heterocycles. The first kappa shape index (κ1) is 49.6. The van der Waals surface area contributed by atoms with Crippen LogP contribution in [0.1, 0.15) is 39.5 Å². The molecule has 4 aromatic heterocycles. The molecule has 18 nitrogen and oxygen atoms in total. The number of carbonyl (C=O) groups excluding carboxylic acids is 2. The van der Waals surface area contributed by atoms with E-state index in [1.165, 1.54) is 24.8 Å². The fraction of sp³-hybridized carbons (Fsp3) is 0.440. The number of rotatable bonds is 8. The fourth-order valence-electron chi connectivity index (χ4n) is 9.29. The molecule has 0 radical (unpaired) electrons. The zero-order chi connectivity index (χ0) is 50.1. The number of piperidine rings is 2. The monoisotopic (exact) mass is 1080 g/mol. The highest BCUT2D eigenvalue weighted by Crippen LogP contribution is 2.43. The van der Waals surface area contributed by atoms with E-state index in [2.05, 4.69) is 50.9 Å². The second kappa shape index (κ2) is 20.9. The highest BCUT2D eigenvalue weighted by atomic mass is 79.9. The topological polar surface area (TPSA) is 197 Å². The van der Waals surface area contributed by atoms with Gasteiger partial charge in [-0.05, 0) is 66.5 Å². The number of halogens is 1. The van der Waals surface area contributed by atoms with Crippen LogP contribution in [0.3, 0.4) is 0 Å². The maximum atomic E-state index is 12.7. The van der Waals surface area contributed by atoms with Crippen LogP contribution in [0.4, 0.5) is 21.0 Å². The van der Waals surface area contributed by atoms with Gasteiger partial charge in [0.2, 0.25) is 11.8 Å². The van der Waals surface area contributed by atoms with Crippen LogP contribution in [0.2, 0.25) is 0 Å². The Morgan fingerprint density at radius 1 is 0.681 bits per heavy atom. The van der Waals surface area contributed by atoms with E-state index >= 15 is 0 Å². The molecule has 72 heavy (non-hydrogen) atoms. The molecule has 22 heteroatoms. The molecule has 2 amide bonds. The number of thiophene rings is 2. The Balaban J connectivity index is 0.000000140. The first-order valence-electron chi connectivity index (χ1n) is 23.7. The van der Waals surface area contributed by atoms with Crippen molar-refractivity contribution in [1.29, 1.82) is 0 Å². The van der Waals surface area contributed by atoms with Gasteiger partial charge in [0.05, 0.1) is 49.6 Å². The molecule has 6 fully saturated rings. The van der Waals surface area contributed by atoms with Crippen LogP contribution in [0.5, 0.6) is 11.8 Å². The van der Waals surface area contributed by atoms with Gasteiger partial charge < -0.3 is 48.3 Å². The lowest BCUT2D eigenvalue weighted by molar-refractivity contribution is -0.111. The molecule has 0 spiro atoms. The molecule has 4 aliphatic heterocycles. The second-order valence-corrected chi connectivity index (χ2v) is 22.0. The molecule has 8 heterocycles. The van der Waals surface area contributed by atoms with E-state index in [0.717, 1.165) is 61.7 Å². The molecule has 372 valence electrons. The molecule has 2 saturated carbocycles. The van der Waals surface area contributed by atoms with Crippen molar-refractivity contribution in [3.05, 3.63) is 99.3 Å². The minimum atomic E-state index is -1.45. The van der Waals surface area contributed by atoms with Crippen LogP contribution in [0.25, 0.3) is 41.3 Å². The molecular weight excluding hydrogens is 1030 g/mol. The Hall–Kier alpha value is -5.98. The fourth-order valence-corrected chi connectivity index (χ4v) is 11.8. The minimum Gasteiger partial charge on any atom is -0.472 e. The lowest BCUT2D eigenvalue weighted by Crippen LogP contribution is -2.59. The number of carbonyl (C=O) groups is 2. The SMILES string of the molecule is CC1(OC(=O)N2CC3COCC(C2)C3Oc2ncnc3c(Br)csc23)CC1.[C-]#[N+]c1ccc(-c2csc3c(OC4C5COCC4CN(C(=O)OC4(C)CC4)C5)ncnc23)cc1.[C-]#[N+]c1ccc(B(O)O)cc1. The predicted octanol–water partition coefficient (Wildman–Crippen LogP) is 8.31. The summed E-state index contributed by atoms with van der Waals surface area (Å²) in [4.78, 5) is 53.1. The van der Waals surface area contributed by atoms with Crippen LogP contribution in [0.15, 0.2) is 76.4 Å².